The highest BCUT2D eigenvalue weighted by molar-refractivity contribution is 5.20. The average molecular weight is 1210 g/mol. The van der Waals surface area contributed by atoms with Gasteiger partial charge in [-0.2, -0.15) is 0 Å². The van der Waals surface area contributed by atoms with Crippen LogP contribution in [-0.4, -0.2) is 116 Å². The zero-order chi connectivity index (χ0) is 60.8. The summed E-state index contributed by atoms with van der Waals surface area (Å²) >= 11 is 0. The zero-order valence-corrected chi connectivity index (χ0v) is 50.0. The third-order valence-corrected chi connectivity index (χ3v) is 16.0. The van der Waals surface area contributed by atoms with Crippen LogP contribution in [0.15, 0.2) is 243 Å². The van der Waals surface area contributed by atoms with Crippen molar-refractivity contribution in [1.29, 1.82) is 0 Å². The summed E-state index contributed by atoms with van der Waals surface area (Å²) in [5, 5.41) is 25.2. The highest BCUT2D eigenvalue weighted by Gasteiger charge is 2.56. The van der Waals surface area contributed by atoms with Crippen molar-refractivity contribution in [1.82, 2.24) is 0 Å². The molecule has 0 aliphatic carbocycles. The van der Waals surface area contributed by atoms with Gasteiger partial charge in [0.25, 0.3) is 0 Å². The molecule has 0 saturated carbocycles. The van der Waals surface area contributed by atoms with Gasteiger partial charge >= 0.3 is 0 Å². The fourth-order valence-corrected chi connectivity index (χ4v) is 11.4. The standard InChI is InChI=1S/C74H80O15/c1-52-64(79-44-55-30-14-4-15-31-55)68(70(72(76)85-52)83-48-59-38-22-8-23-39-59)89-74-71(84-49-60-40-24-9-25-41-60)69(66(81-46-57-34-18-6-19-35-57)62(87-74)51-78-43-54-28-12-3-13-29-54)88-73-63(75)67(82-47-58-36-20-7-21-37-58)65(80-45-56-32-16-5-17-33-56)61(86-73)50-77-42-53-26-10-2-11-27-53/h2-41,52,61-76H,42-51H2,1H3/t52-,61+,62+,63+,64-,65-,66+,67+,68+,69-,70+,71+,72+,73+,74+/m0/s1. The van der Waals surface area contributed by atoms with E-state index in [0.717, 1.165) is 44.5 Å². The minimum Gasteiger partial charge on any atom is -0.385 e. The maximum atomic E-state index is 13.2. The number of aliphatic hydroxyl groups is 2. The molecule has 3 aliphatic heterocycles. The summed E-state index contributed by atoms with van der Waals surface area (Å²) in [5.41, 5.74) is 7.24. The van der Waals surface area contributed by atoms with E-state index >= 15 is 0 Å². The third kappa shape index (κ3) is 18.2. The monoisotopic (exact) mass is 1210 g/mol. The Morgan fingerprint density at radius 2 is 0.551 bits per heavy atom. The Morgan fingerprint density at radius 1 is 0.281 bits per heavy atom. The van der Waals surface area contributed by atoms with Crippen LogP contribution in [-0.2, 0) is 114 Å². The predicted molar refractivity (Wildman–Crippen MR) is 332 cm³/mol. The first kappa shape index (κ1) is 63.7. The van der Waals surface area contributed by atoms with Gasteiger partial charge in [0.2, 0.25) is 0 Å². The maximum Gasteiger partial charge on any atom is 0.187 e. The molecule has 0 aromatic heterocycles. The lowest BCUT2D eigenvalue weighted by Gasteiger charge is -2.51. The van der Waals surface area contributed by atoms with Crippen LogP contribution in [0, 0.1) is 0 Å². The molecular weight excluding hydrogens is 1130 g/mol. The van der Waals surface area contributed by atoms with E-state index in [2.05, 4.69) is 0 Å². The topological polar surface area (TPSA) is 160 Å². The number of aliphatic hydroxyl groups excluding tert-OH is 2. The van der Waals surface area contributed by atoms with Crippen molar-refractivity contribution in [3.63, 3.8) is 0 Å². The molecular formula is C74H80O15. The Labute approximate surface area is 521 Å². The van der Waals surface area contributed by atoms with E-state index < -0.39 is 92.1 Å². The van der Waals surface area contributed by atoms with E-state index in [1.54, 1.807) is 0 Å². The largest absolute Gasteiger partial charge is 0.385 e. The summed E-state index contributed by atoms with van der Waals surface area (Å²) in [6.07, 6.45) is -16.5. The van der Waals surface area contributed by atoms with Crippen LogP contribution in [0.25, 0.3) is 0 Å². The highest BCUT2D eigenvalue weighted by atomic mass is 16.8. The van der Waals surface area contributed by atoms with Gasteiger partial charge in [-0.25, -0.2) is 0 Å². The van der Waals surface area contributed by atoms with Crippen LogP contribution < -0.4 is 0 Å². The van der Waals surface area contributed by atoms with Crippen LogP contribution in [0.5, 0.6) is 0 Å². The molecule has 0 bridgehead atoms. The summed E-state index contributed by atoms with van der Waals surface area (Å²) in [6.45, 7) is 3.17. The van der Waals surface area contributed by atoms with Gasteiger partial charge in [-0.15, -0.1) is 0 Å². The molecule has 11 rings (SSSR count). The molecule has 3 fully saturated rings. The van der Waals surface area contributed by atoms with E-state index in [4.69, 9.17) is 61.6 Å². The number of rotatable bonds is 30. The fourth-order valence-electron chi connectivity index (χ4n) is 11.4. The second-order valence-electron chi connectivity index (χ2n) is 22.6. The minimum absolute atomic E-state index is 0.0175. The van der Waals surface area contributed by atoms with E-state index in [-0.39, 0.29) is 66.1 Å². The van der Waals surface area contributed by atoms with Gasteiger partial charge in [0.1, 0.15) is 67.1 Å². The molecule has 89 heavy (non-hydrogen) atoms. The Bertz CT molecular complexity index is 3160. The minimum atomic E-state index is -1.48. The Balaban J connectivity index is 1.00. The molecule has 3 heterocycles. The zero-order valence-electron chi connectivity index (χ0n) is 50.0. The van der Waals surface area contributed by atoms with E-state index in [9.17, 15) is 10.2 Å². The maximum absolute atomic E-state index is 13.2. The Morgan fingerprint density at radius 3 is 0.921 bits per heavy atom. The average Bonchev–Trinajstić information content (AvgIpc) is 1.67. The summed E-state index contributed by atoms with van der Waals surface area (Å²) in [7, 11) is 0. The summed E-state index contributed by atoms with van der Waals surface area (Å²) in [6, 6.07) is 78.4. The molecule has 8 aromatic rings. The van der Waals surface area contributed by atoms with Gasteiger partial charge in [-0.3, -0.25) is 0 Å². The SMILES string of the molecule is C[C@@H]1O[C@@H](O)[C@H](OCc2ccccc2)[C@H](O[C@H]2O[C@H](COCc3ccccc3)[C@@H](OCc3ccccc3)[C@H](O[C@H]3O[C@H](COCc4ccccc4)[C@H](OCc4ccccc4)[C@H](OCc4ccccc4)[C@H]3O)[C@H]2OCc2ccccc2)[C@H]1OCc1ccccc1. The van der Waals surface area contributed by atoms with Gasteiger partial charge in [0.05, 0.1) is 72.2 Å². The lowest BCUT2D eigenvalue weighted by Crippen LogP contribution is -2.68. The first-order valence-corrected chi connectivity index (χ1v) is 30.7. The van der Waals surface area contributed by atoms with E-state index in [1.165, 1.54) is 0 Å². The second-order valence-corrected chi connectivity index (χ2v) is 22.6. The molecule has 0 radical (unpaired) electrons. The smallest absolute Gasteiger partial charge is 0.187 e. The molecule has 15 nitrogen and oxygen atoms in total. The van der Waals surface area contributed by atoms with Crippen molar-refractivity contribution >= 4 is 0 Å². The quantitative estimate of drug-likeness (QED) is 0.0437. The van der Waals surface area contributed by atoms with Crippen LogP contribution in [0.4, 0.5) is 0 Å². The molecule has 8 aromatic carbocycles. The van der Waals surface area contributed by atoms with Gasteiger partial charge in [0, 0.05) is 0 Å². The first-order chi connectivity index (χ1) is 43.9. The highest BCUT2D eigenvalue weighted by Crippen LogP contribution is 2.39. The molecule has 0 amide bonds. The van der Waals surface area contributed by atoms with Gasteiger partial charge < -0.3 is 71.8 Å². The van der Waals surface area contributed by atoms with Crippen LogP contribution in [0.3, 0.4) is 0 Å². The van der Waals surface area contributed by atoms with Gasteiger partial charge in [0.15, 0.2) is 18.9 Å². The molecule has 3 aliphatic rings. The first-order valence-electron chi connectivity index (χ1n) is 30.7. The van der Waals surface area contributed by atoms with Crippen LogP contribution >= 0.6 is 0 Å². The molecule has 3 saturated heterocycles. The lowest BCUT2D eigenvalue weighted by molar-refractivity contribution is -0.392. The number of ether oxygens (including phenoxy) is 13. The van der Waals surface area contributed by atoms with Crippen LogP contribution in [0.1, 0.15) is 51.4 Å². The molecule has 15 atom stereocenters. The number of benzene rings is 8. The van der Waals surface area contributed by atoms with Crippen molar-refractivity contribution in [3.05, 3.63) is 287 Å². The van der Waals surface area contributed by atoms with Gasteiger partial charge in [-0.05, 0) is 51.4 Å². The Hall–Kier alpha value is -6.84. The molecule has 0 spiro atoms. The van der Waals surface area contributed by atoms with Crippen molar-refractivity contribution < 1.29 is 71.8 Å². The summed E-state index contributed by atoms with van der Waals surface area (Å²) < 4.78 is 90.3. The lowest BCUT2D eigenvalue weighted by atomic mass is 9.95. The van der Waals surface area contributed by atoms with Crippen LogP contribution in [0.2, 0.25) is 0 Å². The van der Waals surface area contributed by atoms with Crippen molar-refractivity contribution in [3.8, 4) is 0 Å². The molecule has 466 valence electrons. The summed E-state index contributed by atoms with van der Waals surface area (Å²) in [5.74, 6) is 0. The summed E-state index contributed by atoms with van der Waals surface area (Å²) in [4.78, 5) is 0. The van der Waals surface area contributed by atoms with Crippen molar-refractivity contribution in [2.24, 2.45) is 0 Å². The second kappa shape index (κ2) is 33.3. The predicted octanol–water partition coefficient (Wildman–Crippen LogP) is 11.3. The molecule has 0 unspecified atom stereocenters. The van der Waals surface area contributed by atoms with Crippen molar-refractivity contribution in [2.45, 2.75) is 152 Å². The third-order valence-electron chi connectivity index (χ3n) is 16.0. The molecule has 15 heteroatoms. The number of hydrogen-bond acceptors (Lipinski definition) is 15. The van der Waals surface area contributed by atoms with Crippen molar-refractivity contribution in [2.75, 3.05) is 13.2 Å². The van der Waals surface area contributed by atoms with Gasteiger partial charge in [-0.1, -0.05) is 243 Å². The fraction of sp³-hybridized carbons (Fsp3) is 0.351. The molecule has 2 N–H and O–H groups in total. The number of hydrogen-bond donors (Lipinski definition) is 2. The van der Waals surface area contributed by atoms with E-state index in [1.807, 2.05) is 250 Å². The normalized spacial score (nSPS) is 27.0. The Kier molecular flexibility index (Phi) is 23.8. The van der Waals surface area contributed by atoms with E-state index in [0.29, 0.717) is 0 Å².